The first kappa shape index (κ1) is 20.6. The monoisotopic (exact) mass is 424 g/mol. The average Bonchev–Trinajstić information content (AvgIpc) is 3.37. The predicted octanol–water partition coefficient (Wildman–Crippen LogP) is 3.15. The molecule has 4 N–H and O–H groups in total. The molecule has 0 atom stereocenters. The van der Waals surface area contributed by atoms with Crippen LogP contribution >= 0.6 is 12.4 Å². The molecule has 152 valence electrons. The van der Waals surface area contributed by atoms with E-state index < -0.39 is 23.6 Å². The molecule has 0 saturated heterocycles. The molecule has 1 amide bonds. The first-order valence-electron chi connectivity index (χ1n) is 8.44. The molecule has 1 saturated carbocycles. The molecule has 11 heteroatoms. The predicted molar refractivity (Wildman–Crippen MR) is 103 cm³/mol. The average molecular weight is 425 g/mol. The highest BCUT2D eigenvalue weighted by molar-refractivity contribution is 6.03. The number of carbonyl (C=O) groups excluding carboxylic acids is 1. The quantitative estimate of drug-likeness (QED) is 0.495. The van der Waals surface area contributed by atoms with Crippen LogP contribution in [0.5, 0.6) is 0 Å². The zero-order chi connectivity index (χ0) is 20.1. The Balaban J connectivity index is 0.00000240. The van der Waals surface area contributed by atoms with E-state index in [1.54, 1.807) is 12.1 Å². The number of aliphatic imine (C=N–C) groups is 1. The van der Waals surface area contributed by atoms with Crippen LogP contribution in [0.15, 0.2) is 41.7 Å². The van der Waals surface area contributed by atoms with Gasteiger partial charge in [-0.15, -0.1) is 12.4 Å². The van der Waals surface area contributed by atoms with E-state index in [1.165, 1.54) is 17.1 Å². The molecule has 2 aromatic heterocycles. The maximum Gasteiger partial charge on any atom is 0.416 e. The fourth-order valence-electron chi connectivity index (χ4n) is 3.14. The highest BCUT2D eigenvalue weighted by Gasteiger charge is 2.35. The van der Waals surface area contributed by atoms with Gasteiger partial charge in [-0.1, -0.05) is 6.07 Å². The van der Waals surface area contributed by atoms with Crippen molar-refractivity contribution in [3.8, 4) is 5.69 Å². The van der Waals surface area contributed by atoms with Crippen molar-refractivity contribution in [2.75, 3.05) is 0 Å². The molecular weight excluding hydrogens is 409 g/mol. The van der Waals surface area contributed by atoms with Crippen molar-refractivity contribution in [3.63, 3.8) is 0 Å². The summed E-state index contributed by atoms with van der Waals surface area (Å²) < 4.78 is 41.6. The van der Waals surface area contributed by atoms with Gasteiger partial charge >= 0.3 is 6.18 Å². The third kappa shape index (κ3) is 3.88. The van der Waals surface area contributed by atoms with Crippen molar-refractivity contribution in [1.29, 1.82) is 0 Å². The molecule has 7 nitrogen and oxygen atoms in total. The Kier molecular flexibility index (Phi) is 5.22. The largest absolute Gasteiger partial charge is 0.416 e. The van der Waals surface area contributed by atoms with Crippen LogP contribution in [-0.2, 0) is 6.18 Å². The minimum atomic E-state index is -4.54. The van der Waals surface area contributed by atoms with E-state index >= 15 is 0 Å². The number of nitrogens with two attached hydrogens (primary N) is 2. The van der Waals surface area contributed by atoms with Crippen LogP contribution in [-0.4, -0.2) is 26.6 Å². The second-order valence-electron chi connectivity index (χ2n) is 6.54. The second kappa shape index (κ2) is 7.36. The van der Waals surface area contributed by atoms with Crippen LogP contribution in [0.1, 0.15) is 40.4 Å². The molecule has 1 fully saturated rings. The number of fused-ring (bicyclic) bond motifs is 1. The van der Waals surface area contributed by atoms with E-state index in [9.17, 15) is 18.0 Å². The lowest BCUT2D eigenvalue weighted by Gasteiger charge is -2.14. The summed E-state index contributed by atoms with van der Waals surface area (Å²) in [6, 6.07) is 5.14. The van der Waals surface area contributed by atoms with Gasteiger partial charge in [-0.2, -0.15) is 23.3 Å². The number of carbonyl (C=O) groups is 1. The Bertz CT molecular complexity index is 1120. The summed E-state index contributed by atoms with van der Waals surface area (Å²) >= 11 is 0. The molecule has 0 unspecified atom stereocenters. The van der Waals surface area contributed by atoms with Gasteiger partial charge in [0.05, 0.1) is 34.2 Å². The van der Waals surface area contributed by atoms with Crippen molar-refractivity contribution in [2.45, 2.75) is 24.9 Å². The van der Waals surface area contributed by atoms with Gasteiger partial charge < -0.3 is 11.5 Å². The third-order valence-electron chi connectivity index (χ3n) is 4.47. The van der Waals surface area contributed by atoms with E-state index in [0.717, 1.165) is 25.0 Å². The van der Waals surface area contributed by atoms with Crippen molar-refractivity contribution in [2.24, 2.45) is 16.5 Å². The van der Waals surface area contributed by atoms with Gasteiger partial charge in [0.2, 0.25) is 0 Å². The van der Waals surface area contributed by atoms with Crippen LogP contribution in [0.3, 0.4) is 0 Å². The molecule has 1 aliphatic rings. The lowest BCUT2D eigenvalue weighted by molar-refractivity contribution is -0.137. The van der Waals surface area contributed by atoms with E-state index in [2.05, 4.69) is 15.1 Å². The van der Waals surface area contributed by atoms with Crippen LogP contribution in [0.4, 0.5) is 13.2 Å². The number of rotatable bonds is 3. The van der Waals surface area contributed by atoms with Crippen LogP contribution in [0.25, 0.3) is 16.6 Å². The molecule has 1 aliphatic carbocycles. The number of alkyl halides is 3. The van der Waals surface area contributed by atoms with E-state index in [1.807, 2.05) is 0 Å². The van der Waals surface area contributed by atoms with Gasteiger partial charge in [0.1, 0.15) is 0 Å². The smallest absolute Gasteiger partial charge is 0.370 e. The number of amides is 1. The SMILES string of the molecule is Cl.NC(N)=NC(=O)c1cnn(-c2cc(C(F)(F)F)cc3cccnc23)c1C1CC1. The van der Waals surface area contributed by atoms with Gasteiger partial charge in [0.15, 0.2) is 5.96 Å². The van der Waals surface area contributed by atoms with Crippen molar-refractivity contribution in [1.82, 2.24) is 14.8 Å². The molecule has 0 spiro atoms. The van der Waals surface area contributed by atoms with Crippen LogP contribution < -0.4 is 11.5 Å². The lowest BCUT2D eigenvalue weighted by atomic mass is 10.1. The third-order valence-corrected chi connectivity index (χ3v) is 4.47. The normalized spacial score (nSPS) is 13.8. The first-order chi connectivity index (χ1) is 13.3. The van der Waals surface area contributed by atoms with Gasteiger partial charge in [0, 0.05) is 17.5 Å². The Morgan fingerprint density at radius 3 is 2.59 bits per heavy atom. The fourth-order valence-corrected chi connectivity index (χ4v) is 3.14. The molecule has 2 heterocycles. The number of hydrogen-bond donors (Lipinski definition) is 2. The molecule has 0 radical (unpaired) electrons. The number of benzene rings is 1. The molecule has 3 aromatic rings. The number of pyridine rings is 1. The topological polar surface area (TPSA) is 112 Å². The van der Waals surface area contributed by atoms with Gasteiger partial charge in [-0.25, -0.2) is 4.68 Å². The van der Waals surface area contributed by atoms with E-state index in [0.29, 0.717) is 16.6 Å². The fraction of sp³-hybridized carbons (Fsp3) is 0.222. The molecule has 29 heavy (non-hydrogen) atoms. The lowest BCUT2D eigenvalue weighted by Crippen LogP contribution is -2.24. The summed E-state index contributed by atoms with van der Waals surface area (Å²) in [6.07, 6.45) is -0.193. The summed E-state index contributed by atoms with van der Waals surface area (Å²) in [7, 11) is 0. The summed E-state index contributed by atoms with van der Waals surface area (Å²) in [4.78, 5) is 20.1. The van der Waals surface area contributed by atoms with Gasteiger partial charge in [-0.3, -0.25) is 9.78 Å². The number of halogens is 4. The van der Waals surface area contributed by atoms with Crippen LogP contribution in [0.2, 0.25) is 0 Å². The van der Waals surface area contributed by atoms with Crippen molar-refractivity contribution in [3.05, 3.63) is 53.5 Å². The summed E-state index contributed by atoms with van der Waals surface area (Å²) in [5, 5.41) is 4.51. The number of guanidine groups is 1. The zero-order valence-corrected chi connectivity index (χ0v) is 15.7. The first-order valence-corrected chi connectivity index (χ1v) is 8.44. The van der Waals surface area contributed by atoms with E-state index in [4.69, 9.17) is 11.5 Å². The maximum atomic E-state index is 13.4. The Hall–Kier alpha value is -3.14. The standard InChI is InChI=1S/C18H15F3N6O.ClH/c19-18(20,21)11-6-10-2-1-5-24-14(10)13(7-11)27-15(9-3-4-9)12(8-25-27)16(28)26-17(22)23;/h1-2,5-9H,3-4H2,(H4,22,23,26,28);1H. The Morgan fingerprint density at radius 2 is 1.97 bits per heavy atom. The van der Waals surface area contributed by atoms with Crippen molar-refractivity contribution < 1.29 is 18.0 Å². The highest BCUT2D eigenvalue weighted by Crippen LogP contribution is 2.43. The zero-order valence-electron chi connectivity index (χ0n) is 14.8. The molecule has 0 aliphatic heterocycles. The van der Waals surface area contributed by atoms with Gasteiger partial charge in [-0.05, 0) is 31.0 Å². The van der Waals surface area contributed by atoms with Crippen molar-refractivity contribution >= 4 is 35.2 Å². The van der Waals surface area contributed by atoms with Crippen LogP contribution in [0, 0.1) is 0 Å². The summed E-state index contributed by atoms with van der Waals surface area (Å²) in [5.41, 5.74) is 10.9. The minimum Gasteiger partial charge on any atom is -0.370 e. The minimum absolute atomic E-state index is 0. The Morgan fingerprint density at radius 1 is 1.24 bits per heavy atom. The Labute approximate surface area is 169 Å². The molecular formula is C18H16ClF3N6O. The number of hydrogen-bond acceptors (Lipinski definition) is 3. The molecule has 0 bridgehead atoms. The van der Waals surface area contributed by atoms with Gasteiger partial charge in [0.25, 0.3) is 5.91 Å². The second-order valence-corrected chi connectivity index (χ2v) is 6.54. The molecule has 4 rings (SSSR count). The number of nitrogens with zero attached hydrogens (tertiary/aromatic N) is 4. The van der Waals surface area contributed by atoms with E-state index in [-0.39, 0.29) is 29.6 Å². The summed E-state index contributed by atoms with van der Waals surface area (Å²) in [5.74, 6) is -1.09. The highest BCUT2D eigenvalue weighted by atomic mass is 35.5. The summed E-state index contributed by atoms with van der Waals surface area (Å²) in [6.45, 7) is 0. The number of aromatic nitrogens is 3. The maximum absolute atomic E-state index is 13.4. The molecule has 1 aromatic carbocycles.